The van der Waals surface area contributed by atoms with Crippen LogP contribution in [0, 0.1) is 18.8 Å². The number of nitrogens with one attached hydrogen (secondary N) is 1. The number of hydrogen-bond donors (Lipinski definition) is 1. The summed E-state index contributed by atoms with van der Waals surface area (Å²) < 4.78 is 24.0. The molecule has 0 saturated heterocycles. The summed E-state index contributed by atoms with van der Waals surface area (Å²) in [6, 6.07) is 6.68. The monoisotopic (exact) mass is 278 g/mol. The number of benzene rings is 1. The number of allylic oxidation sites excluding steroid dienone is 1. The van der Waals surface area contributed by atoms with Crippen molar-refractivity contribution in [2.75, 3.05) is 0 Å². The van der Waals surface area contributed by atoms with Crippen molar-refractivity contribution in [3.63, 3.8) is 0 Å². The van der Waals surface area contributed by atoms with Crippen LogP contribution in [0.1, 0.15) is 18.9 Å². The molecule has 1 aromatic carbocycles. The normalized spacial score (nSPS) is 22.9. The molecule has 0 heterocycles. The Morgan fingerprint density at radius 1 is 1.42 bits per heavy atom. The smallest absolute Gasteiger partial charge is 0.200 e. The molecule has 0 aromatic heterocycles. The van der Waals surface area contributed by atoms with E-state index in [-0.39, 0.29) is 4.90 Å². The summed E-state index contributed by atoms with van der Waals surface area (Å²) >= 11 is 0. The van der Waals surface area contributed by atoms with Crippen LogP contribution in [-0.4, -0.2) is 14.1 Å². The van der Waals surface area contributed by atoms with E-state index in [2.05, 4.69) is 16.5 Å². The average Bonchev–Trinajstić information content (AvgIpc) is 3.16. The molecule has 1 aliphatic rings. The number of hydrazone groups is 1. The Bertz CT molecular complexity index is 603. The number of rotatable bonds is 5. The molecule has 1 aliphatic carbocycles. The minimum Gasteiger partial charge on any atom is -0.200 e. The first-order chi connectivity index (χ1) is 8.94. The van der Waals surface area contributed by atoms with Crippen LogP contribution in [-0.2, 0) is 10.0 Å². The lowest BCUT2D eigenvalue weighted by Gasteiger charge is -2.05. The fraction of sp³-hybridized carbons (Fsp3) is 0.357. The van der Waals surface area contributed by atoms with Gasteiger partial charge in [-0.15, -0.1) is 6.58 Å². The highest BCUT2D eigenvalue weighted by Crippen LogP contribution is 2.40. The second-order valence-corrected chi connectivity index (χ2v) is 6.56. The highest BCUT2D eigenvalue weighted by atomic mass is 32.2. The van der Waals surface area contributed by atoms with Crippen molar-refractivity contribution in [3.05, 3.63) is 42.5 Å². The van der Waals surface area contributed by atoms with Gasteiger partial charge in [-0.05, 0) is 38.3 Å². The summed E-state index contributed by atoms with van der Waals surface area (Å²) in [5, 5.41) is 3.99. The summed E-state index contributed by atoms with van der Waals surface area (Å²) in [7, 11) is -3.57. The maximum Gasteiger partial charge on any atom is 0.276 e. The Balaban J connectivity index is 2.08. The van der Waals surface area contributed by atoms with Crippen LogP contribution in [0.2, 0.25) is 0 Å². The number of sulfonamides is 1. The molecule has 1 N–H and O–H groups in total. The Labute approximate surface area is 114 Å². The van der Waals surface area contributed by atoms with Gasteiger partial charge in [-0.2, -0.15) is 13.5 Å². The van der Waals surface area contributed by atoms with Gasteiger partial charge in [0.15, 0.2) is 0 Å². The molecular formula is C14H18N2O2S. The molecule has 4 nitrogen and oxygen atoms in total. The van der Waals surface area contributed by atoms with Crippen molar-refractivity contribution < 1.29 is 8.42 Å². The van der Waals surface area contributed by atoms with Gasteiger partial charge < -0.3 is 0 Å². The second kappa shape index (κ2) is 5.17. The van der Waals surface area contributed by atoms with Gasteiger partial charge in [0.1, 0.15) is 0 Å². The molecule has 1 saturated carbocycles. The lowest BCUT2D eigenvalue weighted by molar-refractivity contribution is 0.584. The Hall–Kier alpha value is -1.62. The van der Waals surface area contributed by atoms with Crippen molar-refractivity contribution in [1.82, 2.24) is 4.83 Å². The van der Waals surface area contributed by atoms with Crippen LogP contribution in [0.4, 0.5) is 0 Å². The first-order valence-electron chi connectivity index (χ1n) is 6.19. The van der Waals surface area contributed by atoms with E-state index in [1.807, 2.05) is 19.9 Å². The summed E-state index contributed by atoms with van der Waals surface area (Å²) in [4.78, 5) is 2.51. The maximum atomic E-state index is 12.0. The Morgan fingerprint density at radius 3 is 2.58 bits per heavy atom. The third-order valence-electron chi connectivity index (χ3n) is 3.35. The van der Waals surface area contributed by atoms with Crippen molar-refractivity contribution in [2.45, 2.75) is 25.2 Å². The molecular weight excluding hydrogens is 260 g/mol. The van der Waals surface area contributed by atoms with Crippen LogP contribution >= 0.6 is 0 Å². The van der Waals surface area contributed by atoms with Gasteiger partial charge in [0, 0.05) is 11.6 Å². The first kappa shape index (κ1) is 13.8. The lowest BCUT2D eigenvalue weighted by Crippen LogP contribution is -2.20. The maximum absolute atomic E-state index is 12.0. The Kier molecular flexibility index (Phi) is 3.75. The Morgan fingerprint density at radius 2 is 2.05 bits per heavy atom. The molecule has 2 rings (SSSR count). The quantitative estimate of drug-likeness (QED) is 0.511. The third-order valence-corrected chi connectivity index (χ3v) is 4.58. The molecule has 0 unspecified atom stereocenters. The molecule has 0 spiro atoms. The van der Waals surface area contributed by atoms with Crippen LogP contribution in [0.15, 0.2) is 46.9 Å². The van der Waals surface area contributed by atoms with Gasteiger partial charge in [-0.1, -0.05) is 23.8 Å². The molecule has 19 heavy (non-hydrogen) atoms. The molecule has 0 radical (unpaired) electrons. The average molecular weight is 278 g/mol. The predicted octanol–water partition coefficient (Wildman–Crippen LogP) is 2.47. The highest BCUT2D eigenvalue weighted by Gasteiger charge is 2.36. The fourth-order valence-corrected chi connectivity index (χ4v) is 2.80. The van der Waals surface area contributed by atoms with Crippen LogP contribution in [0.25, 0.3) is 0 Å². The number of aryl methyl sites for hydroxylation is 1. The van der Waals surface area contributed by atoms with Crippen LogP contribution < -0.4 is 4.83 Å². The number of nitrogens with zero attached hydrogens (tertiary/aromatic N) is 1. The molecule has 1 fully saturated rings. The molecule has 2 atom stereocenters. The van der Waals surface area contributed by atoms with Gasteiger partial charge in [0.25, 0.3) is 10.0 Å². The molecule has 0 amide bonds. The summed E-state index contributed by atoms with van der Waals surface area (Å²) in [5.41, 5.74) is 1.83. The van der Waals surface area contributed by atoms with Gasteiger partial charge >= 0.3 is 0 Å². The SMILES string of the molecule is C=C[C@@H]1C[C@@H]1/C(C)=N/NS(=O)(=O)c1ccc(C)cc1. The lowest BCUT2D eigenvalue weighted by atomic mass is 10.2. The standard InChI is InChI=1S/C14H18N2O2S/c1-4-12-9-14(12)11(3)15-16-19(17,18)13-7-5-10(2)6-8-13/h4-8,12,14,16H,1,9H2,2-3H3/b15-11+/t12-,14-/m1/s1. The summed E-state index contributed by atoms with van der Waals surface area (Å²) in [6.07, 6.45) is 2.89. The van der Waals surface area contributed by atoms with E-state index in [9.17, 15) is 8.42 Å². The largest absolute Gasteiger partial charge is 0.276 e. The van der Waals surface area contributed by atoms with Gasteiger partial charge in [-0.25, -0.2) is 4.83 Å². The zero-order chi connectivity index (χ0) is 14.0. The van der Waals surface area contributed by atoms with E-state index in [4.69, 9.17) is 0 Å². The first-order valence-corrected chi connectivity index (χ1v) is 7.67. The van der Waals surface area contributed by atoms with E-state index in [1.54, 1.807) is 24.3 Å². The van der Waals surface area contributed by atoms with Gasteiger partial charge in [-0.3, -0.25) is 0 Å². The molecule has 1 aromatic rings. The zero-order valence-electron chi connectivity index (χ0n) is 11.1. The van der Waals surface area contributed by atoms with E-state index < -0.39 is 10.0 Å². The van der Waals surface area contributed by atoms with E-state index >= 15 is 0 Å². The topological polar surface area (TPSA) is 58.5 Å². The predicted molar refractivity (Wildman–Crippen MR) is 76.4 cm³/mol. The number of hydrogen-bond acceptors (Lipinski definition) is 3. The van der Waals surface area contributed by atoms with Gasteiger partial charge in [0.05, 0.1) is 4.90 Å². The molecule has 102 valence electrons. The highest BCUT2D eigenvalue weighted by molar-refractivity contribution is 7.89. The molecule has 0 aliphatic heterocycles. The van der Waals surface area contributed by atoms with E-state index in [1.165, 1.54) is 0 Å². The van der Waals surface area contributed by atoms with Crippen molar-refractivity contribution in [3.8, 4) is 0 Å². The van der Waals surface area contributed by atoms with E-state index in [0.717, 1.165) is 17.7 Å². The minimum atomic E-state index is -3.57. The van der Waals surface area contributed by atoms with Crippen molar-refractivity contribution >= 4 is 15.7 Å². The van der Waals surface area contributed by atoms with Crippen molar-refractivity contribution in [2.24, 2.45) is 16.9 Å². The van der Waals surface area contributed by atoms with Crippen molar-refractivity contribution in [1.29, 1.82) is 0 Å². The molecule has 5 heteroatoms. The summed E-state index contributed by atoms with van der Waals surface area (Å²) in [5.74, 6) is 0.769. The van der Waals surface area contributed by atoms with Crippen LogP contribution in [0.3, 0.4) is 0 Å². The second-order valence-electron chi connectivity index (χ2n) is 4.90. The zero-order valence-corrected chi connectivity index (χ0v) is 11.9. The minimum absolute atomic E-state index is 0.228. The van der Waals surface area contributed by atoms with Crippen LogP contribution in [0.5, 0.6) is 0 Å². The third kappa shape index (κ3) is 3.23. The van der Waals surface area contributed by atoms with E-state index in [0.29, 0.717) is 11.8 Å². The molecule has 0 bridgehead atoms. The summed E-state index contributed by atoms with van der Waals surface area (Å²) in [6.45, 7) is 7.48. The fourth-order valence-electron chi connectivity index (χ4n) is 1.94. The van der Waals surface area contributed by atoms with Gasteiger partial charge in [0.2, 0.25) is 0 Å².